The lowest BCUT2D eigenvalue weighted by atomic mass is 10.4. The van der Waals surface area contributed by atoms with Gasteiger partial charge in [0, 0.05) is 52.9 Å². The van der Waals surface area contributed by atoms with Gasteiger partial charge in [-0.05, 0) is 26.8 Å². The van der Waals surface area contributed by atoms with Crippen LogP contribution in [0.5, 0.6) is 0 Å². The van der Waals surface area contributed by atoms with Crippen molar-refractivity contribution in [2.45, 2.75) is 33.1 Å². The number of hydrogen-bond donors (Lipinski definition) is 3. The van der Waals surface area contributed by atoms with Crippen LogP contribution in [0.25, 0.3) is 0 Å². The maximum absolute atomic E-state index is 11.5. The molecular weight excluding hydrogens is 421 g/mol. The van der Waals surface area contributed by atoms with Gasteiger partial charge < -0.3 is 25.6 Å². The molecule has 0 aromatic heterocycles. The van der Waals surface area contributed by atoms with Crippen molar-refractivity contribution in [2.75, 3.05) is 60.0 Å². The van der Waals surface area contributed by atoms with Crippen molar-refractivity contribution in [1.29, 1.82) is 0 Å². The van der Waals surface area contributed by atoms with Gasteiger partial charge in [0.1, 0.15) is 0 Å². The summed E-state index contributed by atoms with van der Waals surface area (Å²) in [6.07, 6.45) is 2.45. The number of methoxy groups -OCH3 is 1. The van der Waals surface area contributed by atoms with Gasteiger partial charge in [-0.1, -0.05) is 6.92 Å². The Balaban J connectivity index is 0. The summed E-state index contributed by atoms with van der Waals surface area (Å²) in [5.41, 5.74) is 0. The van der Waals surface area contributed by atoms with Gasteiger partial charge in [0.25, 0.3) is 0 Å². The van der Waals surface area contributed by atoms with Crippen LogP contribution in [0.4, 0.5) is 0 Å². The number of hydrogen-bond acceptors (Lipinski definition) is 4. The van der Waals surface area contributed by atoms with Gasteiger partial charge in [-0.25, -0.2) is 0 Å². The summed E-state index contributed by atoms with van der Waals surface area (Å²) in [5.74, 6) is 0.842. The highest BCUT2D eigenvalue weighted by Crippen LogP contribution is 1.88. The molecule has 0 atom stereocenters. The number of guanidine groups is 1. The lowest BCUT2D eigenvalue weighted by molar-refractivity contribution is -0.120. The fourth-order valence-electron chi connectivity index (χ4n) is 1.91. The molecule has 3 N–H and O–H groups in total. The molecule has 0 bridgehead atoms. The lowest BCUT2D eigenvalue weighted by Crippen LogP contribution is -2.40. The Bertz CT molecular complexity index is 330. The van der Waals surface area contributed by atoms with Crippen LogP contribution in [0.2, 0.25) is 0 Å². The monoisotopic (exact) mass is 457 g/mol. The van der Waals surface area contributed by atoms with Crippen molar-refractivity contribution in [2.24, 2.45) is 4.99 Å². The molecule has 0 spiro atoms. The van der Waals surface area contributed by atoms with Crippen molar-refractivity contribution >= 4 is 35.8 Å². The van der Waals surface area contributed by atoms with Crippen LogP contribution in [-0.4, -0.2) is 76.8 Å². The average Bonchev–Trinajstić information content (AvgIpc) is 2.53. The lowest BCUT2D eigenvalue weighted by Gasteiger charge is -2.16. The molecule has 0 fully saturated rings. The van der Waals surface area contributed by atoms with E-state index in [0.717, 1.165) is 58.1 Å². The molecule has 0 aromatic carbocycles. The molecule has 0 aliphatic heterocycles. The van der Waals surface area contributed by atoms with Crippen LogP contribution in [0, 0.1) is 0 Å². The Labute approximate surface area is 164 Å². The highest BCUT2D eigenvalue weighted by molar-refractivity contribution is 14.0. The third-order valence-corrected chi connectivity index (χ3v) is 3.20. The zero-order chi connectivity index (χ0) is 17.3. The van der Waals surface area contributed by atoms with E-state index in [9.17, 15) is 4.79 Å². The van der Waals surface area contributed by atoms with E-state index in [4.69, 9.17) is 4.74 Å². The molecule has 0 heterocycles. The van der Waals surface area contributed by atoms with Crippen LogP contribution in [-0.2, 0) is 9.53 Å². The zero-order valence-electron chi connectivity index (χ0n) is 15.7. The van der Waals surface area contributed by atoms with Crippen molar-refractivity contribution < 1.29 is 9.53 Å². The molecule has 24 heavy (non-hydrogen) atoms. The van der Waals surface area contributed by atoms with Crippen molar-refractivity contribution in [1.82, 2.24) is 20.9 Å². The first kappa shape index (κ1) is 25.6. The summed E-state index contributed by atoms with van der Waals surface area (Å²) in [6, 6.07) is 0. The van der Waals surface area contributed by atoms with Gasteiger partial charge in [-0.2, -0.15) is 0 Å². The number of amides is 1. The van der Waals surface area contributed by atoms with Crippen LogP contribution in [0.3, 0.4) is 0 Å². The standard InChI is InChI=1S/C16H35N5O2.HI/c1-5-9-18-15(22)8-10-19-16(17-6-2)20-11-13-21(3)12-7-14-23-4;/h5-14H2,1-4H3,(H,18,22)(H2,17,19,20);1H. The third kappa shape index (κ3) is 16.3. The summed E-state index contributed by atoms with van der Waals surface area (Å²) in [6.45, 7) is 9.62. The molecule has 0 saturated heterocycles. The Morgan fingerprint density at radius 3 is 2.50 bits per heavy atom. The summed E-state index contributed by atoms with van der Waals surface area (Å²) < 4.78 is 5.05. The predicted octanol–water partition coefficient (Wildman–Crippen LogP) is 1.04. The largest absolute Gasteiger partial charge is 0.385 e. The molecule has 7 nitrogen and oxygen atoms in total. The molecule has 8 heteroatoms. The van der Waals surface area contributed by atoms with Crippen molar-refractivity contribution in [3.63, 3.8) is 0 Å². The summed E-state index contributed by atoms with van der Waals surface area (Å²) in [5, 5.41) is 9.25. The number of halogens is 1. The Kier molecular flexibility index (Phi) is 20.0. The quantitative estimate of drug-likeness (QED) is 0.167. The molecule has 0 rings (SSSR count). The molecular formula is C16H36IN5O2. The maximum Gasteiger partial charge on any atom is 0.221 e. The van der Waals surface area contributed by atoms with Crippen LogP contribution in [0.1, 0.15) is 33.1 Å². The molecule has 0 radical (unpaired) electrons. The molecule has 0 saturated carbocycles. The van der Waals surface area contributed by atoms with E-state index in [-0.39, 0.29) is 29.9 Å². The third-order valence-electron chi connectivity index (χ3n) is 3.20. The molecule has 1 amide bonds. The summed E-state index contributed by atoms with van der Waals surface area (Å²) >= 11 is 0. The highest BCUT2D eigenvalue weighted by Gasteiger charge is 2.02. The number of carbonyl (C=O) groups excluding carboxylic acids is 1. The van der Waals surface area contributed by atoms with E-state index in [1.165, 1.54) is 0 Å². The van der Waals surface area contributed by atoms with Gasteiger partial charge in [0.05, 0.1) is 6.54 Å². The van der Waals surface area contributed by atoms with E-state index in [1.807, 2.05) is 13.8 Å². The Morgan fingerprint density at radius 1 is 1.12 bits per heavy atom. The number of aliphatic imine (C=N–C) groups is 1. The minimum Gasteiger partial charge on any atom is -0.385 e. The Morgan fingerprint density at radius 2 is 1.88 bits per heavy atom. The first-order valence-corrected chi connectivity index (χ1v) is 8.60. The molecule has 0 aromatic rings. The number of ether oxygens (including phenoxy) is 1. The van der Waals surface area contributed by atoms with E-state index in [1.54, 1.807) is 7.11 Å². The van der Waals surface area contributed by atoms with Gasteiger partial charge >= 0.3 is 0 Å². The number of carbonyl (C=O) groups is 1. The van der Waals surface area contributed by atoms with E-state index in [0.29, 0.717) is 13.0 Å². The van der Waals surface area contributed by atoms with Crippen molar-refractivity contribution in [3.05, 3.63) is 0 Å². The van der Waals surface area contributed by atoms with E-state index in [2.05, 4.69) is 32.9 Å². The molecule has 144 valence electrons. The minimum atomic E-state index is 0. The first-order chi connectivity index (χ1) is 11.1. The molecule has 0 aliphatic carbocycles. The van der Waals surface area contributed by atoms with E-state index >= 15 is 0 Å². The number of likely N-dealkylation sites (N-methyl/N-ethyl adjacent to an activating group) is 1. The number of nitrogens with one attached hydrogen (secondary N) is 3. The van der Waals surface area contributed by atoms with E-state index < -0.39 is 0 Å². The first-order valence-electron chi connectivity index (χ1n) is 8.60. The second kappa shape index (κ2) is 18.7. The van der Waals surface area contributed by atoms with Crippen LogP contribution in [0.15, 0.2) is 4.99 Å². The molecule has 0 unspecified atom stereocenters. The van der Waals surface area contributed by atoms with Gasteiger partial charge in [-0.15, -0.1) is 24.0 Å². The second-order valence-corrected chi connectivity index (χ2v) is 5.44. The SMILES string of the molecule is CCCNC(=O)CCNC(=NCCN(C)CCCOC)NCC.I. The smallest absolute Gasteiger partial charge is 0.221 e. The second-order valence-electron chi connectivity index (χ2n) is 5.44. The minimum absolute atomic E-state index is 0. The Hall–Kier alpha value is -0.610. The summed E-state index contributed by atoms with van der Waals surface area (Å²) in [4.78, 5) is 18.3. The normalized spacial score (nSPS) is 11.1. The average molecular weight is 457 g/mol. The zero-order valence-corrected chi connectivity index (χ0v) is 18.0. The highest BCUT2D eigenvalue weighted by atomic mass is 127. The van der Waals surface area contributed by atoms with Crippen LogP contribution >= 0.6 is 24.0 Å². The molecule has 0 aliphatic rings. The fourth-order valence-corrected chi connectivity index (χ4v) is 1.91. The van der Waals surface area contributed by atoms with Gasteiger partial charge in [0.15, 0.2) is 5.96 Å². The number of rotatable bonds is 13. The fraction of sp³-hybridized carbons (Fsp3) is 0.875. The van der Waals surface area contributed by atoms with Crippen LogP contribution < -0.4 is 16.0 Å². The number of nitrogens with zero attached hydrogens (tertiary/aromatic N) is 2. The van der Waals surface area contributed by atoms with Gasteiger partial charge in [0.2, 0.25) is 5.91 Å². The van der Waals surface area contributed by atoms with Gasteiger partial charge in [-0.3, -0.25) is 9.79 Å². The topological polar surface area (TPSA) is 78.0 Å². The predicted molar refractivity (Wildman–Crippen MR) is 111 cm³/mol. The van der Waals surface area contributed by atoms with Crippen molar-refractivity contribution in [3.8, 4) is 0 Å². The summed E-state index contributed by atoms with van der Waals surface area (Å²) in [7, 11) is 3.81. The maximum atomic E-state index is 11.5.